The minimum atomic E-state index is -5.11. The maximum Gasteiger partial charge on any atom is 0.420 e. The van der Waals surface area contributed by atoms with Crippen LogP contribution >= 0.6 is 11.6 Å². The Morgan fingerprint density at radius 2 is 1.87 bits per heavy atom. The fourth-order valence-electron chi connectivity index (χ4n) is 0.990. The third-order valence-corrected chi connectivity index (χ3v) is 1.85. The minimum Gasteiger partial charge on any atom is -0.506 e. The lowest BCUT2D eigenvalue weighted by Crippen LogP contribution is -2.11. The molecule has 0 bridgehead atoms. The van der Waals surface area contributed by atoms with E-state index < -0.39 is 34.6 Å². The van der Waals surface area contributed by atoms with E-state index in [9.17, 15) is 22.0 Å². The number of rotatable bonds is 1. The summed E-state index contributed by atoms with van der Waals surface area (Å²) in [6, 6.07) is 0. The van der Waals surface area contributed by atoms with E-state index in [1.807, 2.05) is 0 Å². The summed E-state index contributed by atoms with van der Waals surface area (Å²) in [5.74, 6) is -1.37. The van der Waals surface area contributed by atoms with Gasteiger partial charge in [-0.25, -0.2) is 13.8 Å². The van der Waals surface area contributed by atoms with E-state index in [1.54, 1.807) is 0 Å². The zero-order valence-electron chi connectivity index (χ0n) is 6.82. The number of pyridine rings is 1. The molecule has 0 saturated heterocycles. The number of halogens is 6. The number of nitrogens with zero attached hydrogens (tertiary/aromatic N) is 1. The summed E-state index contributed by atoms with van der Waals surface area (Å²) in [5.41, 5.74) is -3.36. The highest BCUT2D eigenvalue weighted by molar-refractivity contribution is 6.30. The van der Waals surface area contributed by atoms with Crippen LogP contribution in [-0.4, -0.2) is 10.1 Å². The molecule has 0 spiro atoms. The predicted octanol–water partition coefficient (Wildman–Crippen LogP) is 3.40. The summed E-state index contributed by atoms with van der Waals surface area (Å²) in [6.45, 7) is 0. The molecule has 0 unspecified atom stereocenters. The van der Waals surface area contributed by atoms with Crippen LogP contribution in [0.25, 0.3) is 0 Å². The molecule has 0 amide bonds. The van der Waals surface area contributed by atoms with Crippen LogP contribution in [0.3, 0.4) is 0 Å². The van der Waals surface area contributed by atoms with Gasteiger partial charge in [-0.3, -0.25) is 0 Å². The van der Waals surface area contributed by atoms with Crippen molar-refractivity contribution in [2.75, 3.05) is 0 Å². The van der Waals surface area contributed by atoms with Crippen LogP contribution < -0.4 is 0 Å². The van der Waals surface area contributed by atoms with E-state index in [2.05, 4.69) is 4.98 Å². The quantitative estimate of drug-likeness (QED) is 0.609. The molecule has 0 aliphatic carbocycles. The Morgan fingerprint density at radius 1 is 1.33 bits per heavy atom. The summed E-state index contributed by atoms with van der Waals surface area (Å²) >= 11 is 5.10. The number of aromatic nitrogens is 1. The first-order valence-corrected chi connectivity index (χ1v) is 3.85. The molecule has 8 heteroatoms. The summed E-state index contributed by atoms with van der Waals surface area (Å²) in [4.78, 5) is 3.01. The summed E-state index contributed by atoms with van der Waals surface area (Å²) in [5, 5.41) is 7.85. The van der Waals surface area contributed by atoms with Crippen molar-refractivity contribution in [3.05, 3.63) is 22.5 Å². The fraction of sp³-hybridized carbons (Fsp3) is 0.286. The highest BCUT2D eigenvalue weighted by Gasteiger charge is 2.40. The number of hydrogen-bond acceptors (Lipinski definition) is 2. The van der Waals surface area contributed by atoms with Gasteiger partial charge in [0.1, 0.15) is 16.5 Å². The molecule has 0 atom stereocenters. The van der Waals surface area contributed by atoms with Gasteiger partial charge in [0.15, 0.2) is 0 Å². The first-order valence-electron chi connectivity index (χ1n) is 3.48. The van der Waals surface area contributed by atoms with E-state index in [1.165, 1.54) is 0 Å². The monoisotopic (exact) mass is 247 g/mol. The smallest absolute Gasteiger partial charge is 0.420 e. The van der Waals surface area contributed by atoms with E-state index >= 15 is 0 Å². The zero-order chi connectivity index (χ0) is 11.8. The predicted molar refractivity (Wildman–Crippen MR) is 40.9 cm³/mol. The second kappa shape index (κ2) is 3.80. The lowest BCUT2D eigenvalue weighted by molar-refractivity contribution is -0.140. The number of hydrogen-bond donors (Lipinski definition) is 1. The van der Waals surface area contributed by atoms with Gasteiger partial charge in [0.05, 0.1) is 11.8 Å². The Labute approximate surface area is 85.3 Å². The van der Waals surface area contributed by atoms with Crippen LogP contribution in [0.4, 0.5) is 22.0 Å². The standard InChI is InChI=1S/C7H3ClF5NO/c8-5-3(6(9)10)4(7(11,12)13)2(15)1-14-5/h1,6,15H. The van der Waals surface area contributed by atoms with Crippen LogP contribution in [0.2, 0.25) is 5.15 Å². The molecule has 0 radical (unpaired) electrons. The van der Waals surface area contributed by atoms with Gasteiger partial charge < -0.3 is 5.11 Å². The average molecular weight is 248 g/mol. The molecular weight excluding hydrogens is 245 g/mol. The molecule has 1 aromatic rings. The fourth-order valence-corrected chi connectivity index (χ4v) is 1.22. The Balaban J connectivity index is 3.53. The van der Waals surface area contributed by atoms with Crippen molar-refractivity contribution in [2.24, 2.45) is 0 Å². The van der Waals surface area contributed by atoms with Gasteiger partial charge in [-0.1, -0.05) is 11.6 Å². The second-order valence-corrected chi connectivity index (χ2v) is 2.88. The van der Waals surface area contributed by atoms with Crippen molar-refractivity contribution in [2.45, 2.75) is 12.6 Å². The summed E-state index contributed by atoms with van der Waals surface area (Å²) in [6.07, 6.45) is -8.20. The van der Waals surface area contributed by atoms with E-state index in [0.717, 1.165) is 0 Å². The first-order chi connectivity index (χ1) is 6.75. The van der Waals surface area contributed by atoms with Gasteiger partial charge in [-0.2, -0.15) is 13.2 Å². The molecule has 2 nitrogen and oxygen atoms in total. The summed E-state index contributed by atoms with van der Waals surface area (Å²) in [7, 11) is 0. The van der Waals surface area contributed by atoms with Crippen LogP contribution in [-0.2, 0) is 6.18 Å². The van der Waals surface area contributed by atoms with Crippen LogP contribution in [0.5, 0.6) is 5.75 Å². The topological polar surface area (TPSA) is 33.1 Å². The van der Waals surface area contributed by atoms with Gasteiger partial charge in [-0.05, 0) is 0 Å². The van der Waals surface area contributed by atoms with Crippen molar-refractivity contribution in [3.8, 4) is 5.75 Å². The lowest BCUT2D eigenvalue weighted by Gasteiger charge is -2.14. The van der Waals surface area contributed by atoms with E-state index in [-0.39, 0.29) is 0 Å². The Bertz CT molecular complexity index is 378. The highest BCUT2D eigenvalue weighted by atomic mass is 35.5. The van der Waals surface area contributed by atoms with Crippen molar-refractivity contribution < 1.29 is 27.1 Å². The second-order valence-electron chi connectivity index (χ2n) is 2.52. The highest BCUT2D eigenvalue weighted by Crippen LogP contribution is 2.43. The molecule has 0 saturated carbocycles. The molecule has 1 heterocycles. The Kier molecular flexibility index (Phi) is 3.03. The van der Waals surface area contributed by atoms with Gasteiger partial charge in [0.2, 0.25) is 0 Å². The Hall–Kier alpha value is -1.11. The Morgan fingerprint density at radius 3 is 2.20 bits per heavy atom. The number of alkyl halides is 5. The average Bonchev–Trinajstić information content (AvgIpc) is 2.05. The van der Waals surface area contributed by atoms with Gasteiger partial charge >= 0.3 is 6.18 Å². The molecule has 1 rings (SSSR count). The van der Waals surface area contributed by atoms with Crippen molar-refractivity contribution in [1.82, 2.24) is 4.98 Å². The van der Waals surface area contributed by atoms with E-state index in [0.29, 0.717) is 6.20 Å². The molecule has 0 aliphatic rings. The molecule has 1 aromatic heterocycles. The maximum atomic E-state index is 12.3. The van der Waals surface area contributed by atoms with Crippen molar-refractivity contribution in [1.29, 1.82) is 0 Å². The normalized spacial score (nSPS) is 12.2. The molecule has 0 fully saturated rings. The largest absolute Gasteiger partial charge is 0.506 e. The van der Waals surface area contributed by atoms with Crippen molar-refractivity contribution >= 4 is 11.6 Å². The molecule has 0 aromatic carbocycles. The molecule has 0 aliphatic heterocycles. The van der Waals surface area contributed by atoms with Gasteiger partial charge in [-0.15, -0.1) is 0 Å². The summed E-state index contributed by atoms with van der Waals surface area (Å²) < 4.78 is 61.3. The van der Waals surface area contributed by atoms with Gasteiger partial charge in [0.25, 0.3) is 6.43 Å². The third-order valence-electron chi connectivity index (χ3n) is 1.55. The molecule has 84 valence electrons. The molecular formula is C7H3ClF5NO. The van der Waals surface area contributed by atoms with E-state index in [4.69, 9.17) is 16.7 Å². The van der Waals surface area contributed by atoms with Crippen LogP contribution in [0.1, 0.15) is 17.6 Å². The number of aromatic hydroxyl groups is 1. The van der Waals surface area contributed by atoms with Crippen molar-refractivity contribution in [3.63, 3.8) is 0 Å². The third kappa shape index (κ3) is 2.28. The zero-order valence-corrected chi connectivity index (χ0v) is 7.57. The molecule has 1 N–H and O–H groups in total. The SMILES string of the molecule is Oc1cnc(Cl)c(C(F)F)c1C(F)(F)F. The molecule has 15 heavy (non-hydrogen) atoms. The lowest BCUT2D eigenvalue weighted by atomic mass is 10.1. The van der Waals surface area contributed by atoms with Crippen LogP contribution in [0, 0.1) is 0 Å². The minimum absolute atomic E-state index is 0.372. The first kappa shape index (κ1) is 12.0. The van der Waals surface area contributed by atoms with Crippen LogP contribution in [0.15, 0.2) is 6.20 Å². The maximum absolute atomic E-state index is 12.3. The van der Waals surface area contributed by atoms with Gasteiger partial charge in [0, 0.05) is 0 Å².